The lowest BCUT2D eigenvalue weighted by Crippen LogP contribution is -2.52. The molecule has 0 radical (unpaired) electrons. The maximum atomic E-state index is 11.7. The Kier molecular flexibility index (Phi) is 4.92. The number of methoxy groups -OCH3 is 1. The van der Waals surface area contributed by atoms with Crippen LogP contribution in [0.25, 0.3) is 0 Å². The van der Waals surface area contributed by atoms with Crippen LogP contribution in [0.5, 0.6) is 0 Å². The standard InChI is InChI=1S/C13H23NO3S/c1-16-12(15)13(14)6-2-5-11(8-13)18-9-10-4-3-7-17-10/h10-11H,2-9,14H2,1H3. The van der Waals surface area contributed by atoms with Gasteiger partial charge >= 0.3 is 5.97 Å². The van der Waals surface area contributed by atoms with E-state index in [-0.39, 0.29) is 5.97 Å². The number of ether oxygens (including phenoxy) is 2. The third-order valence-corrected chi connectivity index (χ3v) is 5.31. The van der Waals surface area contributed by atoms with Crippen molar-refractivity contribution < 1.29 is 14.3 Å². The third kappa shape index (κ3) is 3.39. The van der Waals surface area contributed by atoms with Crippen LogP contribution in [0, 0.1) is 0 Å². The number of thioether (sulfide) groups is 1. The molecule has 4 nitrogen and oxygen atoms in total. The van der Waals surface area contributed by atoms with Crippen LogP contribution in [-0.2, 0) is 14.3 Å². The molecule has 0 aromatic rings. The summed E-state index contributed by atoms with van der Waals surface area (Å²) in [6, 6.07) is 0. The summed E-state index contributed by atoms with van der Waals surface area (Å²) in [6.45, 7) is 0.902. The number of hydrogen-bond donors (Lipinski definition) is 1. The second kappa shape index (κ2) is 6.26. The fourth-order valence-corrected chi connectivity index (χ4v) is 4.30. The summed E-state index contributed by atoms with van der Waals surface area (Å²) in [5.41, 5.74) is 5.41. The Bertz CT molecular complexity index is 294. The molecular weight excluding hydrogens is 250 g/mol. The summed E-state index contributed by atoms with van der Waals surface area (Å²) >= 11 is 1.91. The zero-order valence-electron chi connectivity index (χ0n) is 11.0. The van der Waals surface area contributed by atoms with Crippen molar-refractivity contribution in [2.24, 2.45) is 5.73 Å². The van der Waals surface area contributed by atoms with E-state index in [1.165, 1.54) is 20.0 Å². The Hall–Kier alpha value is -0.260. The average molecular weight is 273 g/mol. The van der Waals surface area contributed by atoms with E-state index in [0.29, 0.717) is 11.4 Å². The van der Waals surface area contributed by atoms with Gasteiger partial charge < -0.3 is 15.2 Å². The highest BCUT2D eigenvalue weighted by Gasteiger charge is 2.40. The van der Waals surface area contributed by atoms with Gasteiger partial charge in [0.1, 0.15) is 5.54 Å². The second-order valence-corrected chi connectivity index (χ2v) is 6.67. The van der Waals surface area contributed by atoms with E-state index in [0.717, 1.165) is 38.0 Å². The molecule has 18 heavy (non-hydrogen) atoms. The number of nitrogens with two attached hydrogens (primary N) is 1. The number of esters is 1. The third-order valence-electron chi connectivity index (χ3n) is 3.87. The molecule has 0 amide bonds. The smallest absolute Gasteiger partial charge is 0.325 e. The first-order chi connectivity index (χ1) is 8.64. The van der Waals surface area contributed by atoms with Crippen LogP contribution in [0.15, 0.2) is 0 Å². The zero-order chi connectivity index (χ0) is 13.0. The fraction of sp³-hybridized carbons (Fsp3) is 0.923. The van der Waals surface area contributed by atoms with Gasteiger partial charge in [-0.1, -0.05) is 0 Å². The Morgan fingerprint density at radius 2 is 2.33 bits per heavy atom. The normalized spacial score (nSPS) is 36.6. The van der Waals surface area contributed by atoms with Crippen LogP contribution in [0.2, 0.25) is 0 Å². The quantitative estimate of drug-likeness (QED) is 0.790. The highest BCUT2D eigenvalue weighted by Crippen LogP contribution is 2.35. The highest BCUT2D eigenvalue weighted by atomic mass is 32.2. The van der Waals surface area contributed by atoms with Crippen molar-refractivity contribution in [1.29, 1.82) is 0 Å². The molecule has 104 valence electrons. The Balaban J connectivity index is 1.80. The molecule has 3 unspecified atom stereocenters. The lowest BCUT2D eigenvalue weighted by molar-refractivity contribution is -0.148. The highest BCUT2D eigenvalue weighted by molar-refractivity contribution is 7.99. The van der Waals surface area contributed by atoms with E-state index in [2.05, 4.69) is 0 Å². The molecular formula is C13H23NO3S. The van der Waals surface area contributed by atoms with Gasteiger partial charge in [-0.05, 0) is 38.5 Å². The van der Waals surface area contributed by atoms with Gasteiger partial charge in [0.25, 0.3) is 0 Å². The first-order valence-electron chi connectivity index (χ1n) is 6.74. The summed E-state index contributed by atoms with van der Waals surface area (Å²) in [4.78, 5) is 11.7. The Morgan fingerprint density at radius 3 is 3.00 bits per heavy atom. The van der Waals surface area contributed by atoms with Gasteiger partial charge in [0.2, 0.25) is 0 Å². The number of carbonyl (C=O) groups excluding carboxylic acids is 1. The van der Waals surface area contributed by atoms with Gasteiger partial charge in [-0.25, -0.2) is 0 Å². The molecule has 0 aromatic heterocycles. The minimum absolute atomic E-state index is 0.259. The lowest BCUT2D eigenvalue weighted by atomic mass is 9.82. The lowest BCUT2D eigenvalue weighted by Gasteiger charge is -2.35. The van der Waals surface area contributed by atoms with Crippen molar-refractivity contribution in [1.82, 2.24) is 0 Å². The molecule has 1 aliphatic heterocycles. The predicted molar refractivity (Wildman–Crippen MR) is 72.6 cm³/mol. The first kappa shape index (κ1) is 14.2. The predicted octanol–water partition coefficient (Wildman–Crippen LogP) is 1.71. The van der Waals surface area contributed by atoms with Crippen LogP contribution in [0.4, 0.5) is 0 Å². The van der Waals surface area contributed by atoms with Crippen molar-refractivity contribution in [2.75, 3.05) is 19.5 Å². The molecule has 2 N–H and O–H groups in total. The van der Waals surface area contributed by atoms with Gasteiger partial charge in [0.15, 0.2) is 0 Å². The van der Waals surface area contributed by atoms with Gasteiger partial charge in [0, 0.05) is 17.6 Å². The number of rotatable bonds is 4. The van der Waals surface area contributed by atoms with Crippen LogP contribution in [-0.4, -0.2) is 42.3 Å². The number of carbonyl (C=O) groups is 1. The summed E-state index contributed by atoms with van der Waals surface area (Å²) in [7, 11) is 1.42. The molecule has 1 saturated carbocycles. The molecule has 0 bridgehead atoms. The van der Waals surface area contributed by atoms with Crippen LogP contribution in [0.1, 0.15) is 38.5 Å². The van der Waals surface area contributed by atoms with Crippen molar-refractivity contribution in [3.8, 4) is 0 Å². The van der Waals surface area contributed by atoms with Crippen LogP contribution < -0.4 is 5.73 Å². The summed E-state index contributed by atoms with van der Waals surface area (Å²) in [5.74, 6) is 0.770. The fourth-order valence-electron chi connectivity index (χ4n) is 2.81. The molecule has 1 aliphatic carbocycles. The summed E-state index contributed by atoms with van der Waals surface area (Å²) < 4.78 is 10.4. The molecule has 2 fully saturated rings. The molecule has 1 heterocycles. The van der Waals surface area contributed by atoms with E-state index < -0.39 is 5.54 Å². The average Bonchev–Trinajstić information content (AvgIpc) is 2.88. The van der Waals surface area contributed by atoms with E-state index in [9.17, 15) is 4.79 Å². The minimum Gasteiger partial charge on any atom is -0.468 e. The molecule has 0 spiro atoms. The van der Waals surface area contributed by atoms with E-state index in [1.54, 1.807) is 0 Å². The first-order valence-corrected chi connectivity index (χ1v) is 7.79. The van der Waals surface area contributed by atoms with Crippen LogP contribution >= 0.6 is 11.8 Å². The van der Waals surface area contributed by atoms with Crippen molar-refractivity contribution >= 4 is 17.7 Å². The van der Waals surface area contributed by atoms with Crippen molar-refractivity contribution in [3.63, 3.8) is 0 Å². The van der Waals surface area contributed by atoms with Gasteiger partial charge in [-0.15, -0.1) is 0 Å². The summed E-state index contributed by atoms with van der Waals surface area (Å²) in [6.07, 6.45) is 6.39. The Labute approximate surface area is 113 Å². The van der Waals surface area contributed by atoms with Gasteiger partial charge in [0.05, 0.1) is 13.2 Å². The largest absolute Gasteiger partial charge is 0.468 e. The Morgan fingerprint density at radius 1 is 1.50 bits per heavy atom. The van der Waals surface area contributed by atoms with Crippen molar-refractivity contribution in [2.45, 2.75) is 55.4 Å². The SMILES string of the molecule is COC(=O)C1(N)CCCC(SCC2CCCO2)C1. The minimum atomic E-state index is -0.763. The number of hydrogen-bond acceptors (Lipinski definition) is 5. The van der Waals surface area contributed by atoms with E-state index in [4.69, 9.17) is 15.2 Å². The molecule has 0 aromatic carbocycles. The van der Waals surface area contributed by atoms with Crippen molar-refractivity contribution in [3.05, 3.63) is 0 Å². The van der Waals surface area contributed by atoms with Crippen LogP contribution in [0.3, 0.4) is 0 Å². The topological polar surface area (TPSA) is 61.5 Å². The second-order valence-electron chi connectivity index (χ2n) is 5.33. The molecule has 3 atom stereocenters. The van der Waals surface area contributed by atoms with E-state index in [1.807, 2.05) is 11.8 Å². The maximum Gasteiger partial charge on any atom is 0.325 e. The maximum absolute atomic E-state index is 11.7. The van der Waals surface area contributed by atoms with Gasteiger partial charge in [-0.3, -0.25) is 4.79 Å². The summed E-state index contributed by atoms with van der Waals surface area (Å²) in [5, 5.41) is 0.465. The van der Waals surface area contributed by atoms with E-state index >= 15 is 0 Å². The monoisotopic (exact) mass is 273 g/mol. The molecule has 2 rings (SSSR count). The zero-order valence-corrected chi connectivity index (χ0v) is 11.8. The van der Waals surface area contributed by atoms with Gasteiger partial charge in [-0.2, -0.15) is 11.8 Å². The molecule has 2 aliphatic rings. The molecule has 1 saturated heterocycles. The molecule has 5 heteroatoms.